The fraction of sp³-hybridized carbons (Fsp3) is 0.333. The maximum Gasteiger partial charge on any atom is 0.418 e. The van der Waals surface area contributed by atoms with Crippen LogP contribution in [0.4, 0.5) is 18.9 Å². The standard InChI is InChI=1S/C18H16F3N3O3/c1-17(26)8-24(9-17)14-7-12(6-13-15(14)23-27-22-13)10-3-2-4-11(5-10)16(25)18(19,20)21/h2-7,16,25-26H,8-9H2,1H3. The molecular weight excluding hydrogens is 363 g/mol. The minimum Gasteiger partial charge on any atom is -0.386 e. The summed E-state index contributed by atoms with van der Waals surface area (Å²) < 4.78 is 43.3. The second-order valence-corrected chi connectivity index (χ2v) is 7.05. The smallest absolute Gasteiger partial charge is 0.386 e. The quantitative estimate of drug-likeness (QED) is 0.728. The number of β-amino-alcohol motifs (C(OH)–C–C–N with tert-alkyl or cyclic N) is 1. The number of alkyl halides is 3. The number of aromatic nitrogens is 2. The molecule has 0 amide bonds. The van der Waals surface area contributed by atoms with Gasteiger partial charge in [0.1, 0.15) is 5.52 Å². The van der Waals surface area contributed by atoms with E-state index in [0.717, 1.165) is 0 Å². The van der Waals surface area contributed by atoms with E-state index in [4.69, 9.17) is 4.63 Å². The van der Waals surface area contributed by atoms with Crippen molar-refractivity contribution in [3.05, 3.63) is 42.0 Å². The third kappa shape index (κ3) is 3.24. The molecule has 0 spiro atoms. The Labute approximate surface area is 151 Å². The number of benzene rings is 2. The summed E-state index contributed by atoms with van der Waals surface area (Å²) in [5.74, 6) is 0. The SMILES string of the molecule is CC1(O)CN(c2cc(-c3cccc(C(O)C(F)(F)F)c3)cc3nonc23)C1. The van der Waals surface area contributed by atoms with Crippen LogP contribution in [0.3, 0.4) is 0 Å². The first kappa shape index (κ1) is 17.7. The number of aliphatic hydroxyl groups excluding tert-OH is 1. The van der Waals surface area contributed by atoms with Crippen molar-refractivity contribution in [2.75, 3.05) is 18.0 Å². The normalized spacial score (nSPS) is 17.8. The van der Waals surface area contributed by atoms with Gasteiger partial charge in [-0.25, -0.2) is 4.63 Å². The van der Waals surface area contributed by atoms with Gasteiger partial charge in [-0.2, -0.15) is 13.2 Å². The molecule has 2 heterocycles. The van der Waals surface area contributed by atoms with E-state index in [0.29, 0.717) is 40.9 Å². The Morgan fingerprint density at radius 3 is 2.56 bits per heavy atom. The molecule has 0 bridgehead atoms. The molecule has 142 valence electrons. The Balaban J connectivity index is 1.77. The number of rotatable bonds is 3. The second kappa shape index (κ2) is 5.93. The van der Waals surface area contributed by atoms with E-state index < -0.39 is 17.9 Å². The molecule has 0 aliphatic carbocycles. The van der Waals surface area contributed by atoms with Crippen molar-refractivity contribution in [2.24, 2.45) is 0 Å². The lowest BCUT2D eigenvalue weighted by Gasteiger charge is -2.45. The summed E-state index contributed by atoms with van der Waals surface area (Å²) >= 11 is 0. The average molecular weight is 379 g/mol. The maximum absolute atomic E-state index is 12.8. The van der Waals surface area contributed by atoms with Crippen LogP contribution in [0.15, 0.2) is 41.0 Å². The van der Waals surface area contributed by atoms with E-state index in [9.17, 15) is 23.4 Å². The van der Waals surface area contributed by atoms with Gasteiger partial charge in [0.25, 0.3) is 0 Å². The van der Waals surface area contributed by atoms with Gasteiger partial charge >= 0.3 is 6.18 Å². The molecule has 0 saturated carbocycles. The summed E-state index contributed by atoms with van der Waals surface area (Å²) in [6.45, 7) is 2.50. The van der Waals surface area contributed by atoms with Gasteiger partial charge in [-0.1, -0.05) is 18.2 Å². The maximum atomic E-state index is 12.8. The van der Waals surface area contributed by atoms with Crippen LogP contribution in [0.1, 0.15) is 18.6 Å². The molecule has 1 aromatic heterocycles. The van der Waals surface area contributed by atoms with E-state index in [1.54, 1.807) is 25.1 Å². The predicted octanol–water partition coefficient (Wildman–Crippen LogP) is 3.06. The number of halogens is 3. The third-order valence-electron chi connectivity index (χ3n) is 4.59. The molecule has 0 radical (unpaired) electrons. The van der Waals surface area contributed by atoms with Crippen LogP contribution in [0, 0.1) is 0 Å². The fourth-order valence-corrected chi connectivity index (χ4v) is 3.30. The predicted molar refractivity (Wildman–Crippen MR) is 91.1 cm³/mol. The molecule has 1 aliphatic rings. The first-order chi connectivity index (χ1) is 12.6. The Kier molecular flexibility index (Phi) is 3.90. The van der Waals surface area contributed by atoms with Crippen molar-refractivity contribution in [1.82, 2.24) is 10.3 Å². The van der Waals surface area contributed by atoms with Crippen LogP contribution < -0.4 is 4.90 Å². The van der Waals surface area contributed by atoms with Gasteiger partial charge in [-0.15, -0.1) is 0 Å². The highest BCUT2D eigenvalue weighted by Gasteiger charge is 2.40. The molecule has 4 rings (SSSR count). The van der Waals surface area contributed by atoms with E-state index in [1.165, 1.54) is 18.2 Å². The number of fused-ring (bicyclic) bond motifs is 1. The van der Waals surface area contributed by atoms with Gasteiger partial charge in [-0.05, 0) is 52.1 Å². The first-order valence-corrected chi connectivity index (χ1v) is 8.23. The van der Waals surface area contributed by atoms with Gasteiger partial charge in [0, 0.05) is 13.1 Å². The summed E-state index contributed by atoms with van der Waals surface area (Å²) in [6.07, 6.45) is -7.30. The van der Waals surface area contributed by atoms with Gasteiger partial charge in [-0.3, -0.25) is 0 Å². The van der Waals surface area contributed by atoms with Crippen molar-refractivity contribution < 1.29 is 28.0 Å². The van der Waals surface area contributed by atoms with Crippen molar-refractivity contribution in [3.8, 4) is 11.1 Å². The minimum absolute atomic E-state index is 0.244. The molecule has 2 N–H and O–H groups in total. The lowest BCUT2D eigenvalue weighted by Crippen LogP contribution is -2.60. The van der Waals surface area contributed by atoms with Crippen molar-refractivity contribution >= 4 is 16.7 Å². The topological polar surface area (TPSA) is 82.6 Å². The largest absolute Gasteiger partial charge is 0.418 e. The highest BCUT2D eigenvalue weighted by Crippen LogP contribution is 2.38. The zero-order valence-electron chi connectivity index (χ0n) is 14.2. The Hall–Kier alpha value is -2.65. The van der Waals surface area contributed by atoms with E-state index >= 15 is 0 Å². The molecule has 9 heteroatoms. The van der Waals surface area contributed by atoms with Crippen LogP contribution in [-0.2, 0) is 0 Å². The summed E-state index contributed by atoms with van der Waals surface area (Å²) in [6, 6.07) is 9.05. The lowest BCUT2D eigenvalue weighted by atomic mass is 9.94. The van der Waals surface area contributed by atoms with Gasteiger partial charge in [0.05, 0.1) is 11.3 Å². The number of nitrogens with zero attached hydrogens (tertiary/aromatic N) is 3. The van der Waals surface area contributed by atoms with Crippen molar-refractivity contribution in [2.45, 2.75) is 24.8 Å². The van der Waals surface area contributed by atoms with Crippen LogP contribution >= 0.6 is 0 Å². The van der Waals surface area contributed by atoms with Crippen LogP contribution in [0.2, 0.25) is 0 Å². The van der Waals surface area contributed by atoms with Gasteiger partial charge in [0.15, 0.2) is 11.6 Å². The first-order valence-electron chi connectivity index (χ1n) is 8.23. The van der Waals surface area contributed by atoms with Gasteiger partial charge in [0.2, 0.25) is 0 Å². The Bertz CT molecular complexity index is 992. The summed E-state index contributed by atoms with van der Waals surface area (Å²) in [4.78, 5) is 1.89. The average Bonchev–Trinajstić information content (AvgIpc) is 3.06. The summed E-state index contributed by atoms with van der Waals surface area (Å²) in [5, 5.41) is 27.2. The molecule has 27 heavy (non-hydrogen) atoms. The summed E-state index contributed by atoms with van der Waals surface area (Å²) in [7, 11) is 0. The molecule has 2 aromatic carbocycles. The lowest BCUT2D eigenvalue weighted by molar-refractivity contribution is -0.206. The number of anilines is 1. The minimum atomic E-state index is -4.74. The molecular formula is C18H16F3N3O3. The van der Waals surface area contributed by atoms with Gasteiger partial charge < -0.3 is 15.1 Å². The van der Waals surface area contributed by atoms with Crippen LogP contribution in [0.5, 0.6) is 0 Å². The number of hydrogen-bond donors (Lipinski definition) is 2. The highest BCUT2D eigenvalue weighted by molar-refractivity contribution is 5.93. The fourth-order valence-electron chi connectivity index (χ4n) is 3.30. The zero-order valence-corrected chi connectivity index (χ0v) is 14.2. The van der Waals surface area contributed by atoms with Crippen LogP contribution in [0.25, 0.3) is 22.2 Å². The Morgan fingerprint density at radius 1 is 1.15 bits per heavy atom. The third-order valence-corrected chi connectivity index (χ3v) is 4.59. The van der Waals surface area contributed by atoms with E-state index in [2.05, 4.69) is 10.3 Å². The van der Waals surface area contributed by atoms with E-state index in [1.807, 2.05) is 4.90 Å². The van der Waals surface area contributed by atoms with Crippen LogP contribution in [-0.4, -0.2) is 45.4 Å². The number of aliphatic hydroxyl groups is 2. The number of hydrogen-bond acceptors (Lipinski definition) is 6. The zero-order chi connectivity index (χ0) is 19.4. The highest BCUT2D eigenvalue weighted by atomic mass is 19.4. The second-order valence-electron chi connectivity index (χ2n) is 7.05. The molecule has 1 aliphatic heterocycles. The summed E-state index contributed by atoms with van der Waals surface area (Å²) in [5.41, 5.74) is 1.70. The molecule has 6 nitrogen and oxygen atoms in total. The Morgan fingerprint density at radius 2 is 1.89 bits per heavy atom. The molecule has 1 saturated heterocycles. The van der Waals surface area contributed by atoms with E-state index in [-0.39, 0.29) is 5.56 Å². The monoisotopic (exact) mass is 379 g/mol. The molecule has 3 aromatic rings. The molecule has 1 atom stereocenters. The molecule has 1 fully saturated rings. The molecule has 1 unspecified atom stereocenters. The van der Waals surface area contributed by atoms with Crippen molar-refractivity contribution in [1.29, 1.82) is 0 Å². The van der Waals surface area contributed by atoms with Crippen molar-refractivity contribution in [3.63, 3.8) is 0 Å².